The lowest BCUT2D eigenvalue weighted by molar-refractivity contribution is -0.137. The van der Waals surface area contributed by atoms with Crippen LogP contribution >= 0.6 is 0 Å². The molecule has 26 heavy (non-hydrogen) atoms. The molecule has 0 aliphatic heterocycles. The molecule has 0 spiro atoms. The summed E-state index contributed by atoms with van der Waals surface area (Å²) in [4.78, 5) is 37.7. The van der Waals surface area contributed by atoms with Crippen molar-refractivity contribution in [3.8, 4) is 0 Å². The second-order valence-electron chi connectivity index (χ2n) is 7.26. The van der Waals surface area contributed by atoms with E-state index in [0.29, 0.717) is 12.3 Å². The summed E-state index contributed by atoms with van der Waals surface area (Å²) in [5.74, 6) is -0.874. The van der Waals surface area contributed by atoms with Gasteiger partial charge in [0.2, 0.25) is 5.91 Å². The largest absolute Gasteiger partial charge is 0.481 e. The first-order valence-corrected chi connectivity index (χ1v) is 9.06. The fourth-order valence-corrected chi connectivity index (χ4v) is 2.59. The number of nitrogens with zero attached hydrogens (tertiary/aromatic N) is 2. The highest BCUT2D eigenvalue weighted by atomic mass is 16.4. The quantitative estimate of drug-likeness (QED) is 0.620. The monoisotopic (exact) mass is 365 g/mol. The molecule has 0 aliphatic carbocycles. The molecule has 2 N–H and O–H groups in total. The predicted octanol–water partition coefficient (Wildman–Crippen LogP) is 1.52. The zero-order valence-electron chi connectivity index (χ0n) is 16.2. The van der Waals surface area contributed by atoms with Gasteiger partial charge in [-0.3, -0.25) is 14.4 Å². The normalized spacial score (nSPS) is 12.4. The third-order valence-corrected chi connectivity index (χ3v) is 4.15. The Kier molecular flexibility index (Phi) is 9.05. The van der Waals surface area contributed by atoms with E-state index in [2.05, 4.69) is 19.2 Å². The van der Waals surface area contributed by atoms with E-state index in [4.69, 9.17) is 5.11 Å². The number of aliphatic carboxylic acids is 1. The van der Waals surface area contributed by atoms with Crippen LogP contribution in [0.25, 0.3) is 0 Å². The topological polar surface area (TPSA) is 91.6 Å². The van der Waals surface area contributed by atoms with Gasteiger partial charge in [-0.25, -0.2) is 0 Å². The molecule has 0 radical (unpaired) electrons. The summed E-state index contributed by atoms with van der Waals surface area (Å²) in [6.07, 6.45) is 3.64. The Morgan fingerprint density at radius 3 is 2.50 bits per heavy atom. The van der Waals surface area contributed by atoms with Crippen LogP contribution in [-0.4, -0.2) is 53.6 Å². The molecule has 0 saturated carbocycles. The number of hydrogen-bond acceptors (Lipinski definition) is 4. The molecule has 0 fully saturated rings. The Morgan fingerprint density at radius 2 is 1.96 bits per heavy atom. The molecule has 0 aromatic carbocycles. The van der Waals surface area contributed by atoms with Gasteiger partial charge in [-0.05, 0) is 50.9 Å². The van der Waals surface area contributed by atoms with Crippen LogP contribution in [0.5, 0.6) is 0 Å². The summed E-state index contributed by atoms with van der Waals surface area (Å²) in [5, 5.41) is 11.3. The number of carboxylic acids is 1. The lowest BCUT2D eigenvalue weighted by atomic mass is 10.0. The SMILES string of the molecule is CC(C)CCC(C(=O)NCCC(=O)O)n1ccc(CCN(C)C)cc1=O. The molecule has 1 heterocycles. The highest BCUT2D eigenvalue weighted by Gasteiger charge is 2.21. The van der Waals surface area contributed by atoms with Gasteiger partial charge >= 0.3 is 5.97 Å². The molecule has 7 nitrogen and oxygen atoms in total. The van der Waals surface area contributed by atoms with Crippen molar-refractivity contribution in [3.05, 3.63) is 34.2 Å². The number of aromatic nitrogens is 1. The molecule has 7 heteroatoms. The number of pyridine rings is 1. The summed E-state index contributed by atoms with van der Waals surface area (Å²) in [6, 6.07) is 2.83. The molecule has 0 saturated heterocycles. The minimum absolute atomic E-state index is 0.0576. The summed E-state index contributed by atoms with van der Waals surface area (Å²) < 4.78 is 1.46. The lowest BCUT2D eigenvalue weighted by Gasteiger charge is -2.20. The van der Waals surface area contributed by atoms with Crippen molar-refractivity contribution >= 4 is 11.9 Å². The van der Waals surface area contributed by atoms with E-state index in [0.717, 1.165) is 24.9 Å². The van der Waals surface area contributed by atoms with Crippen LogP contribution in [0, 0.1) is 5.92 Å². The summed E-state index contributed by atoms with van der Waals surface area (Å²) in [7, 11) is 3.95. The number of carbonyl (C=O) groups is 2. The van der Waals surface area contributed by atoms with E-state index in [9.17, 15) is 14.4 Å². The molecular formula is C19H31N3O4. The average molecular weight is 365 g/mol. The minimum atomic E-state index is -0.966. The van der Waals surface area contributed by atoms with Crippen LogP contribution in [0.15, 0.2) is 23.1 Å². The van der Waals surface area contributed by atoms with Gasteiger partial charge in [0.25, 0.3) is 5.56 Å². The van der Waals surface area contributed by atoms with Crippen LogP contribution in [-0.2, 0) is 16.0 Å². The van der Waals surface area contributed by atoms with Crippen LogP contribution in [0.3, 0.4) is 0 Å². The molecule has 0 aliphatic rings. The maximum atomic E-state index is 12.5. The lowest BCUT2D eigenvalue weighted by Crippen LogP contribution is -2.38. The van der Waals surface area contributed by atoms with Gasteiger partial charge in [-0.15, -0.1) is 0 Å². The van der Waals surface area contributed by atoms with E-state index >= 15 is 0 Å². The minimum Gasteiger partial charge on any atom is -0.481 e. The van der Waals surface area contributed by atoms with Crippen molar-refractivity contribution in [2.24, 2.45) is 5.92 Å². The number of nitrogens with one attached hydrogen (secondary N) is 1. The number of carboxylic acid groups (broad SMARTS) is 1. The Morgan fingerprint density at radius 1 is 1.27 bits per heavy atom. The second kappa shape index (κ2) is 10.8. The number of carbonyl (C=O) groups excluding carboxylic acids is 1. The van der Waals surface area contributed by atoms with Gasteiger partial charge in [0, 0.05) is 25.4 Å². The Hall–Kier alpha value is -2.15. The second-order valence-corrected chi connectivity index (χ2v) is 7.26. The summed E-state index contributed by atoms with van der Waals surface area (Å²) >= 11 is 0. The first kappa shape index (κ1) is 21.9. The van der Waals surface area contributed by atoms with Crippen LogP contribution < -0.4 is 10.9 Å². The van der Waals surface area contributed by atoms with Crippen LogP contribution in [0.2, 0.25) is 0 Å². The molecule has 146 valence electrons. The summed E-state index contributed by atoms with van der Waals surface area (Å²) in [6.45, 7) is 5.02. The third kappa shape index (κ3) is 7.82. The average Bonchev–Trinajstić information content (AvgIpc) is 2.54. The first-order chi connectivity index (χ1) is 12.2. The van der Waals surface area contributed by atoms with Gasteiger partial charge in [0.15, 0.2) is 0 Å². The molecule has 1 unspecified atom stereocenters. The summed E-state index contributed by atoms with van der Waals surface area (Å²) in [5.41, 5.74) is 0.734. The molecule has 0 bridgehead atoms. The zero-order valence-corrected chi connectivity index (χ0v) is 16.2. The molecule has 1 atom stereocenters. The highest BCUT2D eigenvalue weighted by molar-refractivity contribution is 5.80. The van der Waals surface area contributed by atoms with Crippen molar-refractivity contribution in [2.75, 3.05) is 27.2 Å². The molecule has 1 rings (SSSR count). The number of hydrogen-bond donors (Lipinski definition) is 2. The third-order valence-electron chi connectivity index (χ3n) is 4.15. The van der Waals surface area contributed by atoms with E-state index in [-0.39, 0.29) is 24.4 Å². The van der Waals surface area contributed by atoms with Crippen molar-refractivity contribution in [1.29, 1.82) is 0 Å². The number of likely N-dealkylation sites (N-methyl/N-ethyl adjacent to an activating group) is 1. The molecule has 1 aromatic rings. The van der Waals surface area contributed by atoms with Gasteiger partial charge in [-0.2, -0.15) is 0 Å². The van der Waals surface area contributed by atoms with Crippen LogP contribution in [0.4, 0.5) is 0 Å². The molecular weight excluding hydrogens is 334 g/mol. The maximum absolute atomic E-state index is 12.5. The smallest absolute Gasteiger partial charge is 0.305 e. The molecule has 1 amide bonds. The van der Waals surface area contributed by atoms with Crippen molar-refractivity contribution in [3.63, 3.8) is 0 Å². The number of rotatable bonds is 11. The fourth-order valence-electron chi connectivity index (χ4n) is 2.59. The van der Waals surface area contributed by atoms with E-state index in [1.807, 2.05) is 25.1 Å². The fraction of sp³-hybridized carbons (Fsp3) is 0.632. The Balaban J connectivity index is 2.92. The Bertz CT molecular complexity index is 652. The van der Waals surface area contributed by atoms with Crippen molar-refractivity contribution in [1.82, 2.24) is 14.8 Å². The highest BCUT2D eigenvalue weighted by Crippen LogP contribution is 2.17. The van der Waals surface area contributed by atoms with Crippen LogP contribution in [0.1, 0.15) is 44.7 Å². The van der Waals surface area contributed by atoms with Gasteiger partial charge < -0.3 is 19.9 Å². The van der Waals surface area contributed by atoms with Gasteiger partial charge in [-0.1, -0.05) is 13.8 Å². The van der Waals surface area contributed by atoms with E-state index in [1.165, 1.54) is 4.57 Å². The maximum Gasteiger partial charge on any atom is 0.305 e. The van der Waals surface area contributed by atoms with Gasteiger partial charge in [0.1, 0.15) is 6.04 Å². The number of amides is 1. The standard InChI is InChI=1S/C19H31N3O4/c1-14(2)5-6-16(19(26)20-10-7-18(24)25)22-12-9-15(13-17(22)23)8-11-21(3)4/h9,12-14,16H,5-8,10-11H2,1-4H3,(H,20,26)(H,24,25). The van der Waals surface area contributed by atoms with Crippen molar-refractivity contribution in [2.45, 2.75) is 45.6 Å². The first-order valence-electron chi connectivity index (χ1n) is 9.06. The van der Waals surface area contributed by atoms with Crippen molar-refractivity contribution < 1.29 is 14.7 Å². The van der Waals surface area contributed by atoms with E-state index < -0.39 is 12.0 Å². The van der Waals surface area contributed by atoms with E-state index in [1.54, 1.807) is 12.3 Å². The predicted molar refractivity (Wildman–Crippen MR) is 101 cm³/mol. The Labute approximate surface area is 155 Å². The molecule has 1 aromatic heterocycles. The van der Waals surface area contributed by atoms with Gasteiger partial charge in [0.05, 0.1) is 6.42 Å². The zero-order chi connectivity index (χ0) is 19.7.